The molecule has 1 aliphatic rings. The fourth-order valence-corrected chi connectivity index (χ4v) is 3.28. The van der Waals surface area contributed by atoms with Gasteiger partial charge in [-0.05, 0) is 49.4 Å². The zero-order valence-corrected chi connectivity index (χ0v) is 13.4. The predicted molar refractivity (Wildman–Crippen MR) is 88.3 cm³/mol. The Morgan fingerprint density at radius 1 is 1.45 bits per heavy atom. The maximum Gasteiger partial charge on any atom is 0.220 e. The van der Waals surface area contributed by atoms with Crippen molar-refractivity contribution in [1.29, 1.82) is 0 Å². The second kappa shape index (κ2) is 6.42. The molecule has 22 heavy (non-hydrogen) atoms. The zero-order valence-electron chi connectivity index (χ0n) is 13.4. The number of rotatable bonds is 5. The van der Waals surface area contributed by atoms with E-state index in [9.17, 15) is 4.79 Å². The van der Waals surface area contributed by atoms with Crippen LogP contribution in [0.5, 0.6) is 5.75 Å². The Kier molecular flexibility index (Phi) is 4.36. The van der Waals surface area contributed by atoms with Gasteiger partial charge in [-0.15, -0.1) is 0 Å². The van der Waals surface area contributed by atoms with Gasteiger partial charge in [-0.25, -0.2) is 0 Å². The number of hydrogen-bond acceptors (Lipinski definition) is 2. The first-order chi connectivity index (χ1) is 10.7. The Labute approximate surface area is 131 Å². The summed E-state index contributed by atoms with van der Waals surface area (Å²) in [4.78, 5) is 15.5. The SMILES string of the molecule is CCCCC(=O)NC1CCc2[nH]c3ccc(OC)cc3c2C1. The minimum Gasteiger partial charge on any atom is -0.497 e. The summed E-state index contributed by atoms with van der Waals surface area (Å²) in [7, 11) is 1.69. The Morgan fingerprint density at radius 2 is 2.32 bits per heavy atom. The Balaban J connectivity index is 1.78. The highest BCUT2D eigenvalue weighted by molar-refractivity contribution is 5.86. The van der Waals surface area contributed by atoms with Crippen molar-refractivity contribution in [2.45, 2.75) is 51.5 Å². The number of carbonyl (C=O) groups excluding carboxylic acids is 1. The third-order valence-corrected chi connectivity index (χ3v) is 4.52. The zero-order chi connectivity index (χ0) is 15.5. The van der Waals surface area contributed by atoms with Gasteiger partial charge in [-0.1, -0.05) is 13.3 Å². The number of hydrogen-bond donors (Lipinski definition) is 2. The van der Waals surface area contributed by atoms with E-state index in [1.807, 2.05) is 6.07 Å². The number of benzene rings is 1. The first-order valence-corrected chi connectivity index (χ1v) is 8.18. The number of nitrogens with one attached hydrogen (secondary N) is 2. The first-order valence-electron chi connectivity index (χ1n) is 8.18. The third kappa shape index (κ3) is 2.96. The second-order valence-corrected chi connectivity index (χ2v) is 6.10. The van der Waals surface area contributed by atoms with Crippen LogP contribution < -0.4 is 10.1 Å². The molecule has 0 saturated heterocycles. The molecule has 4 heteroatoms. The van der Waals surface area contributed by atoms with Crippen LogP contribution in [0.3, 0.4) is 0 Å². The summed E-state index contributed by atoms with van der Waals surface area (Å²) in [6.45, 7) is 2.11. The molecule has 4 nitrogen and oxygen atoms in total. The molecule has 3 rings (SSSR count). The van der Waals surface area contributed by atoms with E-state index in [0.717, 1.165) is 43.4 Å². The summed E-state index contributed by atoms with van der Waals surface area (Å²) in [5.41, 5.74) is 3.80. The van der Waals surface area contributed by atoms with Crippen LogP contribution in [0.25, 0.3) is 10.9 Å². The summed E-state index contributed by atoms with van der Waals surface area (Å²) in [6, 6.07) is 6.39. The van der Waals surface area contributed by atoms with Crippen LogP contribution in [0, 0.1) is 0 Å². The van der Waals surface area contributed by atoms with Crippen LogP contribution in [-0.2, 0) is 17.6 Å². The molecular formula is C18H24N2O2. The standard InChI is InChI=1S/C18H24N2O2/c1-3-4-5-18(21)19-12-6-8-16-14(10-12)15-11-13(22-2)7-9-17(15)20-16/h7,9,11-12,20H,3-6,8,10H2,1-2H3,(H,19,21). The van der Waals surface area contributed by atoms with Crippen molar-refractivity contribution in [2.75, 3.05) is 7.11 Å². The van der Waals surface area contributed by atoms with E-state index in [1.54, 1.807) is 7.11 Å². The molecule has 1 aromatic carbocycles. The predicted octanol–water partition coefficient (Wildman–Crippen LogP) is 3.34. The van der Waals surface area contributed by atoms with Crippen LogP contribution in [0.15, 0.2) is 18.2 Å². The molecule has 1 aliphatic carbocycles. The summed E-state index contributed by atoms with van der Waals surface area (Å²) >= 11 is 0. The molecule has 1 amide bonds. The highest BCUT2D eigenvalue weighted by Gasteiger charge is 2.23. The molecule has 0 aliphatic heterocycles. The summed E-state index contributed by atoms with van der Waals surface area (Å²) < 4.78 is 5.33. The number of aryl methyl sites for hydroxylation is 1. The molecule has 0 fully saturated rings. The Hall–Kier alpha value is -1.97. The average molecular weight is 300 g/mol. The lowest BCUT2D eigenvalue weighted by Crippen LogP contribution is -2.38. The van der Waals surface area contributed by atoms with Crippen molar-refractivity contribution < 1.29 is 9.53 Å². The number of aromatic amines is 1. The van der Waals surface area contributed by atoms with Crippen molar-refractivity contribution in [2.24, 2.45) is 0 Å². The highest BCUT2D eigenvalue weighted by atomic mass is 16.5. The van der Waals surface area contributed by atoms with Gasteiger partial charge in [-0.3, -0.25) is 4.79 Å². The molecule has 118 valence electrons. The Morgan fingerprint density at radius 3 is 3.09 bits per heavy atom. The van der Waals surface area contributed by atoms with E-state index in [4.69, 9.17) is 4.74 Å². The quantitative estimate of drug-likeness (QED) is 0.890. The van der Waals surface area contributed by atoms with Gasteiger partial charge in [0.15, 0.2) is 0 Å². The van der Waals surface area contributed by atoms with Gasteiger partial charge in [0.25, 0.3) is 0 Å². The largest absolute Gasteiger partial charge is 0.497 e. The van der Waals surface area contributed by atoms with E-state index in [2.05, 4.69) is 29.4 Å². The first kappa shape index (κ1) is 14.9. The van der Waals surface area contributed by atoms with Gasteiger partial charge in [0.05, 0.1) is 7.11 Å². The number of aromatic nitrogens is 1. The van der Waals surface area contributed by atoms with Gasteiger partial charge < -0.3 is 15.0 Å². The summed E-state index contributed by atoms with van der Waals surface area (Å²) in [5.74, 6) is 1.07. The van der Waals surface area contributed by atoms with Crippen LogP contribution in [0.1, 0.15) is 43.9 Å². The van der Waals surface area contributed by atoms with Crippen molar-refractivity contribution >= 4 is 16.8 Å². The number of methoxy groups -OCH3 is 1. The number of unbranched alkanes of at least 4 members (excludes halogenated alkanes) is 1. The fraction of sp³-hybridized carbons (Fsp3) is 0.500. The average Bonchev–Trinajstić information content (AvgIpc) is 2.90. The van der Waals surface area contributed by atoms with Gasteiger partial charge in [0.1, 0.15) is 5.75 Å². The molecule has 0 radical (unpaired) electrons. The molecule has 1 unspecified atom stereocenters. The molecular weight excluding hydrogens is 276 g/mol. The number of H-pyrrole nitrogens is 1. The number of ether oxygens (including phenoxy) is 1. The Bertz CT molecular complexity index is 675. The maximum atomic E-state index is 11.9. The molecule has 2 N–H and O–H groups in total. The molecule has 1 atom stereocenters. The fourth-order valence-electron chi connectivity index (χ4n) is 3.28. The van der Waals surface area contributed by atoms with Crippen molar-refractivity contribution in [3.05, 3.63) is 29.5 Å². The van der Waals surface area contributed by atoms with Crippen LogP contribution in [0.2, 0.25) is 0 Å². The number of carbonyl (C=O) groups is 1. The maximum absolute atomic E-state index is 11.9. The summed E-state index contributed by atoms with van der Waals surface area (Å²) in [5, 5.41) is 4.42. The molecule has 1 heterocycles. The van der Waals surface area contributed by atoms with E-state index < -0.39 is 0 Å². The van der Waals surface area contributed by atoms with Gasteiger partial charge in [-0.2, -0.15) is 0 Å². The lowest BCUT2D eigenvalue weighted by molar-refractivity contribution is -0.122. The van der Waals surface area contributed by atoms with Crippen molar-refractivity contribution in [3.8, 4) is 5.75 Å². The molecule has 2 aromatic rings. The van der Waals surface area contributed by atoms with Crippen molar-refractivity contribution in [3.63, 3.8) is 0 Å². The smallest absolute Gasteiger partial charge is 0.220 e. The summed E-state index contributed by atoms with van der Waals surface area (Å²) in [6.07, 6.45) is 5.57. The van der Waals surface area contributed by atoms with E-state index in [-0.39, 0.29) is 11.9 Å². The van der Waals surface area contributed by atoms with Gasteiger partial charge in [0, 0.05) is 29.1 Å². The van der Waals surface area contributed by atoms with E-state index in [1.165, 1.54) is 16.6 Å². The monoisotopic (exact) mass is 300 g/mol. The lowest BCUT2D eigenvalue weighted by atomic mass is 9.91. The van der Waals surface area contributed by atoms with Gasteiger partial charge >= 0.3 is 0 Å². The van der Waals surface area contributed by atoms with Gasteiger partial charge in [0.2, 0.25) is 5.91 Å². The van der Waals surface area contributed by atoms with E-state index in [0.29, 0.717) is 6.42 Å². The topological polar surface area (TPSA) is 54.1 Å². The normalized spacial score (nSPS) is 17.3. The minimum atomic E-state index is 0.188. The molecule has 0 bridgehead atoms. The van der Waals surface area contributed by atoms with Crippen LogP contribution in [-0.4, -0.2) is 24.0 Å². The molecule has 1 aromatic heterocycles. The molecule has 0 spiro atoms. The minimum absolute atomic E-state index is 0.188. The highest BCUT2D eigenvalue weighted by Crippen LogP contribution is 2.31. The number of amides is 1. The van der Waals surface area contributed by atoms with Crippen molar-refractivity contribution in [1.82, 2.24) is 10.3 Å². The number of fused-ring (bicyclic) bond motifs is 3. The van der Waals surface area contributed by atoms with Crippen LogP contribution >= 0.6 is 0 Å². The molecule has 0 saturated carbocycles. The third-order valence-electron chi connectivity index (χ3n) is 4.52. The second-order valence-electron chi connectivity index (χ2n) is 6.10. The lowest BCUT2D eigenvalue weighted by Gasteiger charge is -2.23. The van der Waals surface area contributed by atoms with Crippen LogP contribution in [0.4, 0.5) is 0 Å². The van der Waals surface area contributed by atoms with E-state index >= 15 is 0 Å².